The number of nitrogens with one attached hydrogen (secondary N) is 2. The van der Waals surface area contributed by atoms with Crippen molar-refractivity contribution in [1.82, 2.24) is 15.2 Å². The fourth-order valence-electron chi connectivity index (χ4n) is 2.65. The molecule has 0 bridgehead atoms. The summed E-state index contributed by atoms with van der Waals surface area (Å²) in [6.07, 6.45) is 3.23. The number of aromatic amines is 1. The van der Waals surface area contributed by atoms with Crippen LogP contribution in [0.5, 0.6) is 0 Å². The molecule has 0 aliphatic carbocycles. The zero-order valence-corrected chi connectivity index (χ0v) is 14.1. The van der Waals surface area contributed by atoms with Crippen LogP contribution in [0.25, 0.3) is 0 Å². The average Bonchev–Trinajstić information content (AvgIpc) is 3.10. The van der Waals surface area contributed by atoms with Crippen LogP contribution in [0.15, 0.2) is 35.8 Å². The molecule has 3 heterocycles. The van der Waals surface area contributed by atoms with Crippen molar-refractivity contribution in [2.75, 3.05) is 13.1 Å². The minimum Gasteiger partial charge on any atom is -0.352 e. The molecule has 0 aromatic carbocycles. The van der Waals surface area contributed by atoms with Crippen molar-refractivity contribution in [2.24, 2.45) is 0 Å². The predicted molar refractivity (Wildman–Crippen MR) is 92.3 cm³/mol. The van der Waals surface area contributed by atoms with Gasteiger partial charge in [0, 0.05) is 25.3 Å². The SMILES string of the molecule is O=C(NC1CCN(C(=O)c2ccc[nH]c2=S)CC1)c1cccs1. The van der Waals surface area contributed by atoms with Crippen LogP contribution in [0, 0.1) is 4.64 Å². The van der Waals surface area contributed by atoms with Gasteiger partial charge in [0.05, 0.1) is 10.4 Å². The van der Waals surface area contributed by atoms with Crippen LogP contribution >= 0.6 is 23.6 Å². The lowest BCUT2D eigenvalue weighted by Crippen LogP contribution is -2.46. The minimum atomic E-state index is -0.0464. The van der Waals surface area contributed by atoms with E-state index in [1.54, 1.807) is 23.2 Å². The maximum absolute atomic E-state index is 12.5. The smallest absolute Gasteiger partial charge is 0.261 e. The maximum Gasteiger partial charge on any atom is 0.261 e. The monoisotopic (exact) mass is 347 g/mol. The molecular weight excluding hydrogens is 330 g/mol. The molecule has 2 N–H and O–H groups in total. The highest BCUT2D eigenvalue weighted by Crippen LogP contribution is 2.16. The summed E-state index contributed by atoms with van der Waals surface area (Å²) in [4.78, 5) is 29.9. The molecule has 0 unspecified atom stereocenters. The van der Waals surface area contributed by atoms with E-state index in [1.807, 2.05) is 17.5 Å². The van der Waals surface area contributed by atoms with Crippen LogP contribution in [0.1, 0.15) is 32.9 Å². The number of amides is 2. The molecular formula is C16H17N3O2S2. The lowest BCUT2D eigenvalue weighted by Gasteiger charge is -2.32. The maximum atomic E-state index is 12.5. The van der Waals surface area contributed by atoms with Gasteiger partial charge in [-0.15, -0.1) is 11.3 Å². The van der Waals surface area contributed by atoms with Gasteiger partial charge in [0.25, 0.3) is 11.8 Å². The Bertz CT molecular complexity index is 747. The summed E-state index contributed by atoms with van der Waals surface area (Å²) in [5.74, 6) is -0.0786. The molecule has 7 heteroatoms. The van der Waals surface area contributed by atoms with Crippen LogP contribution in [-0.4, -0.2) is 40.8 Å². The zero-order chi connectivity index (χ0) is 16.2. The number of nitrogens with zero attached hydrogens (tertiary/aromatic N) is 1. The van der Waals surface area contributed by atoms with Crippen LogP contribution in [0.3, 0.4) is 0 Å². The van der Waals surface area contributed by atoms with Gasteiger partial charge in [-0.2, -0.15) is 0 Å². The van der Waals surface area contributed by atoms with Gasteiger partial charge in [-0.3, -0.25) is 9.59 Å². The van der Waals surface area contributed by atoms with E-state index in [0.717, 1.165) is 17.7 Å². The average molecular weight is 347 g/mol. The Labute approximate surface area is 143 Å². The Kier molecular flexibility index (Phi) is 4.88. The number of rotatable bonds is 3. The summed E-state index contributed by atoms with van der Waals surface area (Å²) in [6.45, 7) is 1.25. The van der Waals surface area contributed by atoms with Gasteiger partial charge in [0.2, 0.25) is 0 Å². The molecule has 23 heavy (non-hydrogen) atoms. The number of H-pyrrole nitrogens is 1. The molecule has 2 aromatic heterocycles. The predicted octanol–water partition coefficient (Wildman–Crippen LogP) is 2.84. The molecule has 1 fully saturated rings. The van der Waals surface area contributed by atoms with E-state index in [-0.39, 0.29) is 17.9 Å². The van der Waals surface area contributed by atoms with Crippen molar-refractivity contribution in [3.05, 3.63) is 50.9 Å². The van der Waals surface area contributed by atoms with Gasteiger partial charge in [-0.05, 0) is 36.4 Å². The molecule has 0 radical (unpaired) electrons. The second-order valence-corrected chi connectivity index (χ2v) is 6.79. The number of likely N-dealkylation sites (tertiary alicyclic amines) is 1. The third kappa shape index (κ3) is 3.68. The van der Waals surface area contributed by atoms with Gasteiger partial charge in [0.15, 0.2) is 0 Å². The van der Waals surface area contributed by atoms with Crippen molar-refractivity contribution in [2.45, 2.75) is 18.9 Å². The van der Waals surface area contributed by atoms with Gasteiger partial charge < -0.3 is 15.2 Å². The fourth-order valence-corrected chi connectivity index (χ4v) is 3.50. The Hall–Kier alpha value is -1.99. The number of aromatic nitrogens is 1. The number of piperidine rings is 1. The molecule has 120 valence electrons. The lowest BCUT2D eigenvalue weighted by molar-refractivity contribution is 0.0697. The molecule has 2 amide bonds. The highest BCUT2D eigenvalue weighted by Gasteiger charge is 2.25. The van der Waals surface area contributed by atoms with Gasteiger partial charge >= 0.3 is 0 Å². The molecule has 1 aliphatic heterocycles. The van der Waals surface area contributed by atoms with Crippen molar-refractivity contribution < 1.29 is 9.59 Å². The first-order valence-corrected chi connectivity index (χ1v) is 8.75. The summed E-state index contributed by atoms with van der Waals surface area (Å²) in [5.41, 5.74) is 0.531. The number of pyridine rings is 1. The van der Waals surface area contributed by atoms with Crippen molar-refractivity contribution in [1.29, 1.82) is 0 Å². The van der Waals surface area contributed by atoms with Crippen LogP contribution in [-0.2, 0) is 0 Å². The van der Waals surface area contributed by atoms with E-state index < -0.39 is 0 Å². The van der Waals surface area contributed by atoms with Gasteiger partial charge in [-0.25, -0.2) is 0 Å². The summed E-state index contributed by atoms with van der Waals surface area (Å²) in [5, 5.41) is 4.93. The van der Waals surface area contributed by atoms with Crippen molar-refractivity contribution in [3.8, 4) is 0 Å². The van der Waals surface area contributed by atoms with E-state index in [0.29, 0.717) is 23.3 Å². The third-order valence-corrected chi connectivity index (χ3v) is 5.12. The van der Waals surface area contributed by atoms with Crippen LogP contribution in [0.4, 0.5) is 0 Å². The zero-order valence-electron chi connectivity index (χ0n) is 12.5. The number of carbonyl (C=O) groups is 2. The Balaban J connectivity index is 1.56. The van der Waals surface area contributed by atoms with E-state index >= 15 is 0 Å². The van der Waals surface area contributed by atoms with E-state index in [1.165, 1.54) is 11.3 Å². The molecule has 5 nitrogen and oxygen atoms in total. The number of thiophene rings is 1. The van der Waals surface area contributed by atoms with E-state index in [2.05, 4.69) is 10.3 Å². The highest BCUT2D eigenvalue weighted by molar-refractivity contribution is 7.71. The summed E-state index contributed by atoms with van der Waals surface area (Å²) < 4.78 is 0.464. The summed E-state index contributed by atoms with van der Waals surface area (Å²) in [7, 11) is 0. The largest absolute Gasteiger partial charge is 0.352 e. The van der Waals surface area contributed by atoms with E-state index in [4.69, 9.17) is 12.2 Å². The third-order valence-electron chi connectivity index (χ3n) is 3.91. The standard InChI is InChI=1S/C16H17N3O2S2/c20-14(13-4-2-10-23-13)18-11-5-8-19(9-6-11)16(21)12-3-1-7-17-15(12)22/h1-4,7,10-11H,5-6,8-9H2,(H,17,22)(H,18,20). The van der Waals surface area contributed by atoms with Crippen molar-refractivity contribution >= 4 is 35.4 Å². The number of carbonyl (C=O) groups excluding carboxylic acids is 2. The second kappa shape index (κ2) is 7.06. The quantitative estimate of drug-likeness (QED) is 0.839. The van der Waals surface area contributed by atoms with Crippen LogP contribution < -0.4 is 5.32 Å². The van der Waals surface area contributed by atoms with Crippen LogP contribution in [0.2, 0.25) is 0 Å². The molecule has 0 saturated carbocycles. The first-order chi connectivity index (χ1) is 11.1. The molecule has 0 atom stereocenters. The second-order valence-electron chi connectivity index (χ2n) is 5.43. The molecule has 1 aliphatic rings. The topological polar surface area (TPSA) is 65.2 Å². The first-order valence-electron chi connectivity index (χ1n) is 7.46. The molecule has 0 spiro atoms. The summed E-state index contributed by atoms with van der Waals surface area (Å²) >= 11 is 6.60. The number of hydrogen-bond donors (Lipinski definition) is 2. The normalized spacial score (nSPS) is 15.4. The Morgan fingerprint density at radius 1 is 1.26 bits per heavy atom. The Morgan fingerprint density at radius 3 is 2.70 bits per heavy atom. The fraction of sp³-hybridized carbons (Fsp3) is 0.312. The van der Waals surface area contributed by atoms with E-state index in [9.17, 15) is 9.59 Å². The first kappa shape index (κ1) is 15.9. The van der Waals surface area contributed by atoms with Gasteiger partial charge in [0.1, 0.15) is 4.64 Å². The van der Waals surface area contributed by atoms with Crippen molar-refractivity contribution in [3.63, 3.8) is 0 Å². The summed E-state index contributed by atoms with van der Waals surface area (Å²) in [6, 6.07) is 7.31. The minimum absolute atomic E-state index is 0.0321. The molecule has 3 rings (SSSR count). The highest BCUT2D eigenvalue weighted by atomic mass is 32.1. The molecule has 1 saturated heterocycles. The number of hydrogen-bond acceptors (Lipinski definition) is 4. The molecule has 2 aromatic rings. The van der Waals surface area contributed by atoms with Gasteiger partial charge in [-0.1, -0.05) is 18.3 Å². The lowest BCUT2D eigenvalue weighted by atomic mass is 10.0. The Morgan fingerprint density at radius 2 is 2.04 bits per heavy atom.